The average molecular weight is 262 g/mol. The van der Waals surface area contributed by atoms with Crippen LogP contribution < -0.4 is 5.32 Å². The van der Waals surface area contributed by atoms with Crippen molar-refractivity contribution in [3.63, 3.8) is 0 Å². The number of piperazine rings is 1. The zero-order valence-corrected chi connectivity index (χ0v) is 11.4. The molecule has 2 N–H and O–H groups in total. The van der Waals surface area contributed by atoms with Gasteiger partial charge in [-0.3, -0.25) is 4.79 Å². The average Bonchev–Trinajstić information content (AvgIpc) is 2.46. The Morgan fingerprint density at radius 2 is 2.05 bits per heavy atom. The summed E-state index contributed by atoms with van der Waals surface area (Å²) in [5, 5.41) is 13.0. The fourth-order valence-electron chi connectivity index (χ4n) is 2.41. The monoisotopic (exact) mass is 262 g/mol. The van der Waals surface area contributed by atoms with E-state index < -0.39 is 0 Å². The molecule has 0 radical (unpaired) electrons. The first-order chi connectivity index (χ1) is 9.18. The van der Waals surface area contributed by atoms with Crippen molar-refractivity contribution in [3.8, 4) is 5.75 Å². The molecule has 0 aliphatic carbocycles. The van der Waals surface area contributed by atoms with Gasteiger partial charge in [-0.1, -0.05) is 25.1 Å². The molecule has 4 heteroatoms. The number of aryl methyl sites for hydroxylation is 1. The third-order valence-corrected chi connectivity index (χ3v) is 3.69. The van der Waals surface area contributed by atoms with E-state index >= 15 is 0 Å². The maximum absolute atomic E-state index is 12.2. The SMILES string of the molecule is CC(CCc1ccccc1O)C(=O)N1CCNCC1. The summed E-state index contributed by atoms with van der Waals surface area (Å²) in [5.41, 5.74) is 0.919. The lowest BCUT2D eigenvalue weighted by Gasteiger charge is -2.29. The lowest BCUT2D eigenvalue weighted by atomic mass is 9.99. The van der Waals surface area contributed by atoms with Crippen LogP contribution in [0.3, 0.4) is 0 Å². The van der Waals surface area contributed by atoms with E-state index in [1.165, 1.54) is 0 Å². The summed E-state index contributed by atoms with van der Waals surface area (Å²) in [7, 11) is 0. The number of hydrogen-bond acceptors (Lipinski definition) is 3. The van der Waals surface area contributed by atoms with Crippen molar-refractivity contribution in [1.29, 1.82) is 0 Å². The quantitative estimate of drug-likeness (QED) is 0.862. The molecule has 1 aromatic rings. The number of para-hydroxylation sites is 1. The van der Waals surface area contributed by atoms with E-state index in [-0.39, 0.29) is 11.8 Å². The number of amides is 1. The number of benzene rings is 1. The standard InChI is InChI=1S/C15H22N2O2/c1-12(15(19)17-10-8-16-9-11-17)6-7-13-4-2-3-5-14(13)18/h2-5,12,16,18H,6-11H2,1H3. The van der Waals surface area contributed by atoms with Gasteiger partial charge in [-0.25, -0.2) is 0 Å². The molecule has 0 spiro atoms. The first kappa shape index (κ1) is 13.9. The molecular formula is C15H22N2O2. The van der Waals surface area contributed by atoms with Crippen LogP contribution in [0.4, 0.5) is 0 Å². The number of hydrogen-bond donors (Lipinski definition) is 2. The summed E-state index contributed by atoms with van der Waals surface area (Å²) in [4.78, 5) is 14.2. The van der Waals surface area contributed by atoms with Crippen LogP contribution in [-0.4, -0.2) is 42.1 Å². The molecule has 1 amide bonds. The van der Waals surface area contributed by atoms with Crippen molar-refractivity contribution in [3.05, 3.63) is 29.8 Å². The molecule has 0 bridgehead atoms. The van der Waals surface area contributed by atoms with Gasteiger partial charge in [0.2, 0.25) is 5.91 Å². The topological polar surface area (TPSA) is 52.6 Å². The van der Waals surface area contributed by atoms with Crippen LogP contribution in [0.5, 0.6) is 5.75 Å². The van der Waals surface area contributed by atoms with Gasteiger partial charge < -0.3 is 15.3 Å². The van der Waals surface area contributed by atoms with Crippen LogP contribution >= 0.6 is 0 Å². The number of rotatable bonds is 4. The van der Waals surface area contributed by atoms with Gasteiger partial charge in [0, 0.05) is 32.1 Å². The number of phenols is 1. The van der Waals surface area contributed by atoms with E-state index in [1.54, 1.807) is 6.07 Å². The molecule has 104 valence electrons. The van der Waals surface area contributed by atoms with Gasteiger partial charge in [0.25, 0.3) is 0 Å². The van der Waals surface area contributed by atoms with Crippen LogP contribution in [0.1, 0.15) is 18.9 Å². The summed E-state index contributed by atoms with van der Waals surface area (Å²) in [6.45, 7) is 5.36. The fourth-order valence-corrected chi connectivity index (χ4v) is 2.41. The smallest absolute Gasteiger partial charge is 0.225 e. The second-order valence-electron chi connectivity index (χ2n) is 5.14. The second-order valence-corrected chi connectivity index (χ2v) is 5.14. The van der Waals surface area contributed by atoms with Crippen LogP contribution in [0, 0.1) is 5.92 Å². The van der Waals surface area contributed by atoms with Crippen molar-refractivity contribution < 1.29 is 9.90 Å². The van der Waals surface area contributed by atoms with Gasteiger partial charge in [-0.05, 0) is 24.5 Å². The predicted octanol–water partition coefficient (Wildman–Crippen LogP) is 1.39. The highest BCUT2D eigenvalue weighted by atomic mass is 16.3. The minimum atomic E-state index is 0.0118. The van der Waals surface area contributed by atoms with E-state index in [4.69, 9.17) is 0 Å². The molecule has 4 nitrogen and oxygen atoms in total. The van der Waals surface area contributed by atoms with Crippen molar-refractivity contribution >= 4 is 5.91 Å². The molecule has 1 aliphatic rings. The molecule has 1 atom stereocenters. The number of carbonyl (C=O) groups excluding carboxylic acids is 1. The van der Waals surface area contributed by atoms with Crippen molar-refractivity contribution in [1.82, 2.24) is 10.2 Å². The molecule has 1 aromatic carbocycles. The largest absolute Gasteiger partial charge is 0.508 e. The van der Waals surface area contributed by atoms with Gasteiger partial charge in [0.15, 0.2) is 0 Å². The molecule has 1 aliphatic heterocycles. The van der Waals surface area contributed by atoms with Gasteiger partial charge in [-0.2, -0.15) is 0 Å². The molecular weight excluding hydrogens is 240 g/mol. The Balaban J connectivity index is 1.85. The van der Waals surface area contributed by atoms with E-state index in [0.717, 1.165) is 44.6 Å². The minimum Gasteiger partial charge on any atom is -0.508 e. The molecule has 1 fully saturated rings. The van der Waals surface area contributed by atoms with Gasteiger partial charge >= 0.3 is 0 Å². The summed E-state index contributed by atoms with van der Waals surface area (Å²) in [6.07, 6.45) is 1.52. The Morgan fingerprint density at radius 1 is 1.37 bits per heavy atom. The molecule has 1 heterocycles. The maximum atomic E-state index is 12.2. The first-order valence-electron chi connectivity index (χ1n) is 6.95. The summed E-state index contributed by atoms with van der Waals surface area (Å²) in [5.74, 6) is 0.568. The summed E-state index contributed by atoms with van der Waals surface area (Å²) in [6, 6.07) is 7.33. The Bertz CT molecular complexity index is 428. The molecule has 19 heavy (non-hydrogen) atoms. The minimum absolute atomic E-state index is 0.0118. The fraction of sp³-hybridized carbons (Fsp3) is 0.533. The van der Waals surface area contributed by atoms with Crippen molar-refractivity contribution in [2.24, 2.45) is 5.92 Å². The van der Waals surface area contributed by atoms with E-state index in [9.17, 15) is 9.90 Å². The lowest BCUT2D eigenvalue weighted by molar-refractivity contribution is -0.135. The molecule has 1 unspecified atom stereocenters. The van der Waals surface area contributed by atoms with E-state index in [1.807, 2.05) is 30.0 Å². The van der Waals surface area contributed by atoms with Crippen LogP contribution in [-0.2, 0) is 11.2 Å². The summed E-state index contributed by atoms with van der Waals surface area (Å²) < 4.78 is 0. The van der Waals surface area contributed by atoms with Crippen LogP contribution in [0.15, 0.2) is 24.3 Å². The summed E-state index contributed by atoms with van der Waals surface area (Å²) >= 11 is 0. The maximum Gasteiger partial charge on any atom is 0.225 e. The zero-order valence-electron chi connectivity index (χ0n) is 11.4. The highest BCUT2D eigenvalue weighted by Crippen LogP contribution is 2.20. The molecule has 1 saturated heterocycles. The molecule has 2 rings (SSSR count). The van der Waals surface area contributed by atoms with Crippen molar-refractivity contribution in [2.45, 2.75) is 19.8 Å². The van der Waals surface area contributed by atoms with Crippen LogP contribution in [0.2, 0.25) is 0 Å². The van der Waals surface area contributed by atoms with Crippen molar-refractivity contribution in [2.75, 3.05) is 26.2 Å². The number of phenolic OH excluding ortho intramolecular Hbond substituents is 1. The second kappa shape index (κ2) is 6.57. The third-order valence-electron chi connectivity index (χ3n) is 3.69. The number of nitrogens with one attached hydrogen (secondary N) is 1. The zero-order chi connectivity index (χ0) is 13.7. The molecule has 0 aromatic heterocycles. The Kier molecular flexibility index (Phi) is 4.80. The van der Waals surface area contributed by atoms with E-state index in [2.05, 4.69) is 5.32 Å². The highest BCUT2D eigenvalue weighted by molar-refractivity contribution is 5.78. The number of aromatic hydroxyl groups is 1. The Morgan fingerprint density at radius 3 is 2.74 bits per heavy atom. The first-order valence-corrected chi connectivity index (χ1v) is 6.95. The van der Waals surface area contributed by atoms with E-state index in [0.29, 0.717) is 5.75 Å². The normalized spacial score (nSPS) is 17.2. The number of carbonyl (C=O) groups is 1. The van der Waals surface area contributed by atoms with Gasteiger partial charge in [0.05, 0.1) is 0 Å². The van der Waals surface area contributed by atoms with Crippen LogP contribution in [0.25, 0.3) is 0 Å². The highest BCUT2D eigenvalue weighted by Gasteiger charge is 2.21. The van der Waals surface area contributed by atoms with Gasteiger partial charge in [-0.15, -0.1) is 0 Å². The third kappa shape index (κ3) is 3.70. The Hall–Kier alpha value is -1.55. The lowest BCUT2D eigenvalue weighted by Crippen LogP contribution is -2.48. The number of nitrogens with zero attached hydrogens (tertiary/aromatic N) is 1. The predicted molar refractivity (Wildman–Crippen MR) is 75.0 cm³/mol. The molecule has 0 saturated carbocycles. The van der Waals surface area contributed by atoms with Gasteiger partial charge in [0.1, 0.15) is 5.75 Å². The Labute approximate surface area is 114 Å².